The number of aromatic carboxylic acids is 1. The standard InChI is InChI=1S/C18H13Cl2NO3S/c1-10-16(18(22)23)25-17(21-10)12-3-2-4-13(8-12)24-9-11-5-6-14(19)15(20)7-11/h2-8H,9H2,1H3,(H,22,23). The molecule has 0 bridgehead atoms. The molecule has 0 amide bonds. The first-order valence-corrected chi connectivity index (χ1v) is 8.89. The number of hydrogen-bond donors (Lipinski definition) is 1. The first-order chi connectivity index (χ1) is 11.9. The highest BCUT2D eigenvalue weighted by molar-refractivity contribution is 7.17. The highest BCUT2D eigenvalue weighted by Gasteiger charge is 2.15. The summed E-state index contributed by atoms with van der Waals surface area (Å²) < 4.78 is 5.79. The highest BCUT2D eigenvalue weighted by atomic mass is 35.5. The molecule has 2 aromatic carbocycles. The van der Waals surface area contributed by atoms with Gasteiger partial charge in [-0.1, -0.05) is 41.4 Å². The molecule has 0 radical (unpaired) electrons. The van der Waals surface area contributed by atoms with E-state index in [0.29, 0.717) is 33.1 Å². The van der Waals surface area contributed by atoms with Gasteiger partial charge in [0.05, 0.1) is 15.7 Å². The third-order valence-electron chi connectivity index (χ3n) is 3.46. The van der Waals surface area contributed by atoms with Crippen LogP contribution in [0, 0.1) is 6.92 Å². The van der Waals surface area contributed by atoms with E-state index in [1.54, 1.807) is 19.1 Å². The van der Waals surface area contributed by atoms with Crippen LogP contribution in [0.5, 0.6) is 5.75 Å². The van der Waals surface area contributed by atoms with Crippen molar-refractivity contribution in [2.75, 3.05) is 0 Å². The Morgan fingerprint density at radius 3 is 2.68 bits per heavy atom. The van der Waals surface area contributed by atoms with Gasteiger partial charge in [-0.05, 0) is 36.8 Å². The molecule has 1 N–H and O–H groups in total. The van der Waals surface area contributed by atoms with E-state index in [0.717, 1.165) is 22.5 Å². The summed E-state index contributed by atoms with van der Waals surface area (Å²) in [5, 5.41) is 10.8. The average Bonchev–Trinajstić information content (AvgIpc) is 2.98. The van der Waals surface area contributed by atoms with Gasteiger partial charge in [0, 0.05) is 5.56 Å². The van der Waals surface area contributed by atoms with Gasteiger partial charge in [0.15, 0.2) is 0 Å². The van der Waals surface area contributed by atoms with E-state index in [4.69, 9.17) is 33.0 Å². The average molecular weight is 394 g/mol. The topological polar surface area (TPSA) is 59.4 Å². The number of carbonyl (C=O) groups is 1. The molecule has 0 aliphatic heterocycles. The minimum Gasteiger partial charge on any atom is -0.489 e. The third-order valence-corrected chi connectivity index (χ3v) is 5.39. The summed E-state index contributed by atoms with van der Waals surface area (Å²) in [5.41, 5.74) is 2.22. The Balaban J connectivity index is 1.78. The number of aromatic nitrogens is 1. The summed E-state index contributed by atoms with van der Waals surface area (Å²) in [5.74, 6) is -0.304. The molecule has 1 aromatic heterocycles. The van der Waals surface area contributed by atoms with Gasteiger partial charge >= 0.3 is 5.97 Å². The van der Waals surface area contributed by atoms with Crippen molar-refractivity contribution in [3.05, 3.63) is 68.6 Å². The maximum absolute atomic E-state index is 11.2. The monoisotopic (exact) mass is 393 g/mol. The summed E-state index contributed by atoms with van der Waals surface area (Å²) in [7, 11) is 0. The lowest BCUT2D eigenvalue weighted by Crippen LogP contribution is -1.95. The molecule has 0 saturated carbocycles. The molecule has 128 valence electrons. The molecule has 7 heteroatoms. The maximum atomic E-state index is 11.2. The van der Waals surface area contributed by atoms with E-state index in [1.165, 1.54) is 0 Å². The zero-order chi connectivity index (χ0) is 18.0. The van der Waals surface area contributed by atoms with Crippen molar-refractivity contribution >= 4 is 40.5 Å². The molecule has 3 aromatic rings. The molecule has 0 saturated heterocycles. The van der Waals surface area contributed by atoms with E-state index < -0.39 is 5.97 Å². The molecule has 0 atom stereocenters. The second-order valence-electron chi connectivity index (χ2n) is 5.30. The first-order valence-electron chi connectivity index (χ1n) is 7.32. The van der Waals surface area contributed by atoms with Crippen LogP contribution >= 0.6 is 34.5 Å². The Kier molecular flexibility index (Phi) is 5.27. The normalized spacial score (nSPS) is 10.7. The molecule has 0 aliphatic rings. The lowest BCUT2D eigenvalue weighted by molar-refractivity contribution is 0.0701. The first kappa shape index (κ1) is 17.7. The van der Waals surface area contributed by atoms with Gasteiger partial charge in [-0.25, -0.2) is 9.78 Å². The van der Waals surface area contributed by atoms with Crippen LogP contribution in [-0.4, -0.2) is 16.1 Å². The predicted molar refractivity (Wildman–Crippen MR) is 100 cm³/mol. The third kappa shape index (κ3) is 4.12. The zero-order valence-corrected chi connectivity index (χ0v) is 15.5. The molecule has 4 nitrogen and oxygen atoms in total. The van der Waals surface area contributed by atoms with Crippen molar-refractivity contribution in [1.29, 1.82) is 0 Å². The van der Waals surface area contributed by atoms with Crippen molar-refractivity contribution in [2.24, 2.45) is 0 Å². The molecule has 0 aliphatic carbocycles. The van der Waals surface area contributed by atoms with Crippen molar-refractivity contribution in [1.82, 2.24) is 4.98 Å². The van der Waals surface area contributed by atoms with Gasteiger partial charge in [0.25, 0.3) is 0 Å². The van der Waals surface area contributed by atoms with E-state index in [-0.39, 0.29) is 4.88 Å². The minimum absolute atomic E-state index is 0.247. The second-order valence-corrected chi connectivity index (χ2v) is 7.12. The summed E-state index contributed by atoms with van der Waals surface area (Å²) >= 11 is 13.1. The molecule has 0 fully saturated rings. The van der Waals surface area contributed by atoms with Gasteiger partial charge in [0.2, 0.25) is 0 Å². The molecule has 0 unspecified atom stereocenters. The highest BCUT2D eigenvalue weighted by Crippen LogP contribution is 2.30. The van der Waals surface area contributed by atoms with E-state index in [1.807, 2.05) is 30.3 Å². The summed E-state index contributed by atoms with van der Waals surface area (Å²) in [6, 6.07) is 12.7. The van der Waals surface area contributed by atoms with Crippen LogP contribution in [0.3, 0.4) is 0 Å². The molecule has 3 rings (SSSR count). The fourth-order valence-corrected chi connectivity index (χ4v) is 3.46. The van der Waals surface area contributed by atoms with Crippen LogP contribution in [0.2, 0.25) is 10.0 Å². The number of benzene rings is 2. The van der Waals surface area contributed by atoms with Crippen LogP contribution in [0.25, 0.3) is 10.6 Å². The number of hydrogen-bond acceptors (Lipinski definition) is 4. The van der Waals surface area contributed by atoms with Gasteiger partial charge in [-0.15, -0.1) is 11.3 Å². The Morgan fingerprint density at radius 2 is 2.00 bits per heavy atom. The van der Waals surface area contributed by atoms with Crippen LogP contribution < -0.4 is 4.74 Å². The second kappa shape index (κ2) is 7.44. The van der Waals surface area contributed by atoms with Crippen LogP contribution in [-0.2, 0) is 6.61 Å². The van der Waals surface area contributed by atoms with Crippen LogP contribution in [0.4, 0.5) is 0 Å². The Morgan fingerprint density at radius 1 is 1.20 bits per heavy atom. The minimum atomic E-state index is -0.965. The van der Waals surface area contributed by atoms with Crippen LogP contribution in [0.1, 0.15) is 20.9 Å². The van der Waals surface area contributed by atoms with E-state index in [2.05, 4.69) is 4.98 Å². The smallest absolute Gasteiger partial charge is 0.347 e. The summed E-state index contributed by atoms with van der Waals surface area (Å²) in [6.07, 6.45) is 0. The quantitative estimate of drug-likeness (QED) is 0.603. The molecule has 0 spiro atoms. The largest absolute Gasteiger partial charge is 0.489 e. The maximum Gasteiger partial charge on any atom is 0.347 e. The SMILES string of the molecule is Cc1nc(-c2cccc(OCc3ccc(Cl)c(Cl)c3)c2)sc1C(=O)O. The van der Waals surface area contributed by atoms with Gasteiger partial charge < -0.3 is 9.84 Å². The summed E-state index contributed by atoms with van der Waals surface area (Å²) in [6.45, 7) is 2.03. The summed E-state index contributed by atoms with van der Waals surface area (Å²) in [4.78, 5) is 15.7. The zero-order valence-electron chi connectivity index (χ0n) is 13.1. The van der Waals surface area contributed by atoms with Gasteiger partial charge in [-0.3, -0.25) is 0 Å². The predicted octanol–water partition coefficient (Wildman–Crippen LogP) is 5.70. The number of aryl methyl sites for hydroxylation is 1. The number of ether oxygens (including phenoxy) is 1. The number of rotatable bonds is 5. The number of carboxylic acid groups (broad SMARTS) is 1. The van der Waals surface area contributed by atoms with Crippen molar-refractivity contribution in [3.8, 4) is 16.3 Å². The van der Waals surface area contributed by atoms with Gasteiger partial charge in [-0.2, -0.15) is 0 Å². The Labute approximate surface area is 158 Å². The molecule has 1 heterocycles. The van der Waals surface area contributed by atoms with E-state index in [9.17, 15) is 4.79 Å². The number of nitrogens with zero attached hydrogens (tertiary/aromatic N) is 1. The Hall–Kier alpha value is -2.08. The molecule has 25 heavy (non-hydrogen) atoms. The number of halogens is 2. The Bertz CT molecular complexity index is 940. The lowest BCUT2D eigenvalue weighted by atomic mass is 10.2. The fourth-order valence-electron chi connectivity index (χ4n) is 2.23. The number of carboxylic acids is 1. The number of thiazole rings is 1. The van der Waals surface area contributed by atoms with Gasteiger partial charge in [0.1, 0.15) is 22.2 Å². The van der Waals surface area contributed by atoms with Crippen molar-refractivity contribution in [3.63, 3.8) is 0 Å². The molecular formula is C18H13Cl2NO3S. The van der Waals surface area contributed by atoms with Crippen molar-refractivity contribution in [2.45, 2.75) is 13.5 Å². The van der Waals surface area contributed by atoms with Crippen molar-refractivity contribution < 1.29 is 14.6 Å². The lowest BCUT2D eigenvalue weighted by Gasteiger charge is -2.08. The molecular weight excluding hydrogens is 381 g/mol. The van der Waals surface area contributed by atoms with Crippen LogP contribution in [0.15, 0.2) is 42.5 Å². The van der Waals surface area contributed by atoms with E-state index >= 15 is 0 Å². The fraction of sp³-hybridized carbons (Fsp3) is 0.111.